The number of carbonyl (C=O) groups is 4. The van der Waals surface area contributed by atoms with Crippen molar-refractivity contribution in [3.8, 4) is 0 Å². The van der Waals surface area contributed by atoms with Crippen LogP contribution in [0.2, 0.25) is 5.02 Å². The van der Waals surface area contributed by atoms with Gasteiger partial charge in [-0.05, 0) is 83.7 Å². The lowest BCUT2D eigenvalue weighted by Gasteiger charge is -2.15. The van der Waals surface area contributed by atoms with Crippen molar-refractivity contribution >= 4 is 46.9 Å². The maximum Gasteiger partial charge on any atom is 0.325 e. The number of ether oxygens (including phenoxy) is 2. The smallest absolute Gasteiger partial charge is 0.325 e. The molecule has 42 heavy (non-hydrogen) atoms. The molecule has 0 fully saturated rings. The van der Waals surface area contributed by atoms with E-state index in [1.165, 1.54) is 0 Å². The molecule has 0 saturated heterocycles. The van der Waals surface area contributed by atoms with Gasteiger partial charge in [-0.25, -0.2) is 0 Å². The summed E-state index contributed by atoms with van der Waals surface area (Å²) in [6, 6.07) is 9.44. The fraction of sp³-hybridized carbons (Fsp3) is 0.438. The van der Waals surface area contributed by atoms with Crippen LogP contribution < -0.4 is 0 Å². The number of benzene rings is 1. The summed E-state index contributed by atoms with van der Waals surface area (Å²) in [7, 11) is 0. The molecule has 0 radical (unpaired) electrons. The van der Waals surface area contributed by atoms with Crippen LogP contribution in [-0.2, 0) is 45.0 Å². The van der Waals surface area contributed by atoms with Crippen molar-refractivity contribution in [3.63, 3.8) is 0 Å². The molecule has 0 spiro atoms. The number of ketones is 2. The van der Waals surface area contributed by atoms with E-state index in [1.807, 2.05) is 53.3 Å². The van der Waals surface area contributed by atoms with Gasteiger partial charge in [0.05, 0.1) is 18.8 Å². The zero-order chi connectivity index (χ0) is 30.4. The van der Waals surface area contributed by atoms with Gasteiger partial charge in [0.25, 0.3) is 0 Å². The monoisotopic (exact) mass is 612 g/mol. The lowest BCUT2D eigenvalue weighted by atomic mass is 9.96. The zero-order valence-corrected chi connectivity index (χ0v) is 26.2. The normalized spacial score (nSPS) is 14.0. The Balaban J connectivity index is 0.000000208. The first-order valence-electron chi connectivity index (χ1n) is 14.4. The molecule has 2 aromatic heterocycles. The van der Waals surface area contributed by atoms with E-state index in [4.69, 9.17) is 21.1 Å². The molecule has 2 aliphatic rings. The highest BCUT2D eigenvalue weighted by Crippen LogP contribution is 2.40. The van der Waals surface area contributed by atoms with E-state index in [0.717, 1.165) is 69.4 Å². The molecule has 3 aromatic rings. The third-order valence-electron chi connectivity index (χ3n) is 7.42. The Morgan fingerprint density at radius 1 is 0.833 bits per heavy atom. The van der Waals surface area contributed by atoms with Crippen molar-refractivity contribution in [2.75, 3.05) is 13.2 Å². The van der Waals surface area contributed by atoms with Crippen LogP contribution >= 0.6 is 23.4 Å². The van der Waals surface area contributed by atoms with Crippen molar-refractivity contribution in [1.29, 1.82) is 0 Å². The van der Waals surface area contributed by atoms with Crippen molar-refractivity contribution in [3.05, 3.63) is 69.3 Å². The van der Waals surface area contributed by atoms with Crippen LogP contribution in [-0.4, -0.2) is 45.9 Å². The number of aromatic nitrogens is 2. The Labute approximate surface area is 255 Å². The summed E-state index contributed by atoms with van der Waals surface area (Å²) in [5.74, 6) is -0.170. The number of carbonyl (C=O) groups excluding carboxylic acids is 4. The molecule has 0 unspecified atom stereocenters. The Hall–Kier alpha value is -3.30. The minimum atomic E-state index is -0.274. The van der Waals surface area contributed by atoms with Crippen molar-refractivity contribution in [2.24, 2.45) is 0 Å². The van der Waals surface area contributed by atoms with E-state index >= 15 is 0 Å². The van der Waals surface area contributed by atoms with Gasteiger partial charge in [-0.2, -0.15) is 0 Å². The number of nitrogens with zero attached hydrogens (tertiary/aromatic N) is 2. The number of halogens is 1. The topological polar surface area (TPSA) is 96.6 Å². The highest BCUT2D eigenvalue weighted by molar-refractivity contribution is 7.99. The molecule has 0 bridgehead atoms. The SMILES string of the molecule is CCOC(=O)Cn1c(C)c(Sc2ccc(Cl)cc2)c2c1CCCC2=O.CCOC(=O)Cn1c(C)cc2c1CCCC2=O. The number of Topliss-reactive ketones (excluding diaryl/α,β-unsaturated/α-hetero) is 2. The molecular formula is C32H37ClN2O6S. The van der Waals surface area contributed by atoms with Crippen LogP contribution in [0.15, 0.2) is 40.1 Å². The van der Waals surface area contributed by atoms with Gasteiger partial charge in [0.15, 0.2) is 11.6 Å². The van der Waals surface area contributed by atoms with Crippen LogP contribution in [0.3, 0.4) is 0 Å². The van der Waals surface area contributed by atoms with Gasteiger partial charge >= 0.3 is 11.9 Å². The Kier molecular flexibility index (Phi) is 10.7. The van der Waals surface area contributed by atoms with Crippen LogP contribution in [0.4, 0.5) is 0 Å². The summed E-state index contributed by atoms with van der Waals surface area (Å²) in [5, 5.41) is 0.680. The highest BCUT2D eigenvalue weighted by Gasteiger charge is 2.29. The molecular weight excluding hydrogens is 576 g/mol. The summed E-state index contributed by atoms with van der Waals surface area (Å²) < 4.78 is 13.9. The highest BCUT2D eigenvalue weighted by atomic mass is 35.5. The van der Waals surface area contributed by atoms with Crippen molar-refractivity contribution in [1.82, 2.24) is 9.13 Å². The lowest BCUT2D eigenvalue weighted by molar-refractivity contribution is -0.144. The van der Waals surface area contributed by atoms with Crippen molar-refractivity contribution in [2.45, 2.75) is 89.1 Å². The largest absolute Gasteiger partial charge is 0.465 e. The standard InChI is InChI=1S/C19H20ClNO3S.C13H17NO3/c1-3-24-17(23)11-21-12(2)19(18-15(21)5-4-6-16(18)22)25-14-9-7-13(20)8-10-14;1-3-17-13(16)8-14-9(2)7-10-11(14)5-4-6-12(10)15/h7-10H,3-6,11H2,1-2H3;7H,3-6,8H2,1-2H3. The van der Waals surface area contributed by atoms with Gasteiger partial charge in [-0.3, -0.25) is 19.2 Å². The number of rotatable bonds is 8. The van der Waals surface area contributed by atoms with Gasteiger partial charge in [-0.1, -0.05) is 23.4 Å². The van der Waals surface area contributed by atoms with E-state index in [9.17, 15) is 19.2 Å². The number of hydrogen-bond donors (Lipinski definition) is 0. The molecule has 1 aromatic carbocycles. The first-order chi connectivity index (χ1) is 20.1. The predicted molar refractivity (Wildman–Crippen MR) is 162 cm³/mol. The molecule has 2 heterocycles. The van der Waals surface area contributed by atoms with Crippen molar-refractivity contribution < 1.29 is 28.7 Å². The number of fused-ring (bicyclic) bond motifs is 2. The van der Waals surface area contributed by atoms with E-state index < -0.39 is 0 Å². The average Bonchev–Trinajstić information content (AvgIpc) is 3.41. The number of esters is 2. The summed E-state index contributed by atoms with van der Waals surface area (Å²) >= 11 is 7.51. The van der Waals surface area contributed by atoms with Gasteiger partial charge in [0.2, 0.25) is 0 Å². The summed E-state index contributed by atoms with van der Waals surface area (Å²) in [5.41, 5.74) is 5.41. The molecule has 224 valence electrons. The fourth-order valence-electron chi connectivity index (χ4n) is 5.50. The molecule has 5 rings (SSSR count). The van der Waals surface area contributed by atoms with E-state index in [1.54, 1.807) is 25.6 Å². The fourth-order valence-corrected chi connectivity index (χ4v) is 6.73. The zero-order valence-electron chi connectivity index (χ0n) is 24.6. The first-order valence-corrected chi connectivity index (χ1v) is 15.6. The summed E-state index contributed by atoms with van der Waals surface area (Å²) in [6.07, 6.45) is 4.55. The molecule has 0 amide bonds. The Morgan fingerprint density at radius 3 is 2.02 bits per heavy atom. The maximum absolute atomic E-state index is 12.6. The van der Waals surface area contributed by atoms with Gasteiger partial charge in [-0.15, -0.1) is 0 Å². The second-order valence-corrected chi connectivity index (χ2v) is 11.8. The molecule has 2 aliphatic carbocycles. The third-order valence-corrected chi connectivity index (χ3v) is 8.89. The van der Waals surface area contributed by atoms with Crippen LogP contribution in [0.25, 0.3) is 0 Å². The maximum atomic E-state index is 12.6. The number of aryl methyl sites for hydroxylation is 1. The predicted octanol–water partition coefficient (Wildman–Crippen LogP) is 6.56. The van der Waals surface area contributed by atoms with Crippen LogP contribution in [0.5, 0.6) is 0 Å². The van der Waals surface area contributed by atoms with Gasteiger partial charge in [0.1, 0.15) is 13.1 Å². The Morgan fingerprint density at radius 2 is 1.40 bits per heavy atom. The lowest BCUT2D eigenvalue weighted by Crippen LogP contribution is -2.19. The molecule has 8 nitrogen and oxygen atoms in total. The number of hydrogen-bond acceptors (Lipinski definition) is 7. The summed E-state index contributed by atoms with van der Waals surface area (Å²) in [4.78, 5) is 49.7. The van der Waals surface area contributed by atoms with Gasteiger partial charge in [0, 0.05) is 56.0 Å². The minimum absolute atomic E-state index is 0.149. The second kappa shape index (κ2) is 14.2. The molecule has 0 saturated carbocycles. The molecule has 0 aliphatic heterocycles. The van der Waals surface area contributed by atoms with E-state index in [2.05, 4.69) is 0 Å². The average molecular weight is 613 g/mol. The summed E-state index contributed by atoms with van der Waals surface area (Å²) in [6.45, 7) is 8.57. The minimum Gasteiger partial charge on any atom is -0.465 e. The molecule has 0 atom stereocenters. The van der Waals surface area contributed by atoms with Crippen LogP contribution in [0, 0.1) is 13.8 Å². The first kappa shape index (κ1) is 31.6. The van der Waals surface area contributed by atoms with E-state index in [0.29, 0.717) is 31.1 Å². The van der Waals surface area contributed by atoms with E-state index in [-0.39, 0.29) is 36.6 Å². The van der Waals surface area contributed by atoms with Crippen LogP contribution in [0.1, 0.15) is 83.0 Å². The quantitative estimate of drug-likeness (QED) is 0.266. The Bertz CT molecular complexity index is 1490. The molecule has 10 heteroatoms. The second-order valence-electron chi connectivity index (χ2n) is 10.3. The third kappa shape index (κ3) is 7.18. The van der Waals surface area contributed by atoms with Gasteiger partial charge < -0.3 is 18.6 Å². The molecule has 0 N–H and O–H groups in total.